The van der Waals surface area contributed by atoms with E-state index in [9.17, 15) is 9.90 Å². The number of carboxylic acids is 1. The summed E-state index contributed by atoms with van der Waals surface area (Å²) in [6.07, 6.45) is 0. The number of halogens is 1. The molecule has 0 saturated heterocycles. The van der Waals surface area contributed by atoms with E-state index in [1.54, 1.807) is 0 Å². The molecule has 0 aromatic carbocycles. The molecule has 0 aromatic heterocycles. The fourth-order valence-electron chi connectivity index (χ4n) is 0. The molecular weight excluding hydrogens is 186 g/mol. The number of carbonyl (C=O) groups is 1. The van der Waals surface area contributed by atoms with E-state index in [4.69, 9.17) is 18.6 Å². The van der Waals surface area contributed by atoms with Gasteiger partial charge in [0.25, 0.3) is 0 Å². The monoisotopic (exact) mass is 192 g/mol. The Hall–Kier alpha value is -0.0626. The van der Waals surface area contributed by atoms with Gasteiger partial charge < -0.3 is 9.90 Å². The van der Waals surface area contributed by atoms with Crippen LogP contribution in [0.3, 0.4) is 0 Å². The number of aliphatic carboxylic acids is 1. The van der Waals surface area contributed by atoms with Crippen LogP contribution in [-0.2, 0) is 4.79 Å². The van der Waals surface area contributed by atoms with Crippen molar-refractivity contribution in [2.24, 2.45) is 0 Å². The van der Waals surface area contributed by atoms with Gasteiger partial charge in [-0.3, -0.25) is 0 Å². The Morgan fingerprint density at radius 1 is 1.42 bits per heavy atom. The smallest absolute Gasteiger partial charge is 0.545 e. The number of hydrogen-bond acceptors (Lipinski definition) is 6. The van der Waals surface area contributed by atoms with Crippen LogP contribution in [0.5, 0.6) is 0 Å². The van der Waals surface area contributed by atoms with Crippen molar-refractivity contribution in [3.63, 3.8) is 0 Å². The van der Waals surface area contributed by atoms with Crippen LogP contribution in [0.1, 0.15) is 6.92 Å². The minimum absolute atomic E-state index is 0. The van der Waals surface area contributed by atoms with Gasteiger partial charge in [0.2, 0.25) is 0 Å². The molecule has 12 heavy (non-hydrogen) atoms. The van der Waals surface area contributed by atoms with Crippen LogP contribution in [0.25, 0.3) is 0 Å². The molecule has 0 atom stereocenters. The van der Waals surface area contributed by atoms with Crippen LogP contribution in [0.15, 0.2) is 12.2 Å². The van der Waals surface area contributed by atoms with E-state index in [0.29, 0.717) is 0 Å². The maximum atomic E-state index is 9.49. The third-order valence-corrected chi connectivity index (χ3v) is 0.348. The molecular formula is C4H6ClLiO6. The molecule has 0 saturated carbocycles. The van der Waals surface area contributed by atoms with Gasteiger partial charge >= 0.3 is 18.9 Å². The molecule has 1 N–H and O–H groups in total. The topological polar surface area (TPSA) is 130 Å². The van der Waals surface area contributed by atoms with E-state index in [2.05, 4.69) is 6.58 Å². The van der Waals surface area contributed by atoms with Gasteiger partial charge in [0, 0.05) is 0 Å². The molecule has 0 aliphatic rings. The zero-order chi connectivity index (χ0) is 9.65. The second-order valence-corrected chi connectivity index (χ2v) is 2.26. The summed E-state index contributed by atoms with van der Waals surface area (Å²) >= 11 is 0. The number of rotatable bonds is 1. The summed E-state index contributed by atoms with van der Waals surface area (Å²) in [6.45, 7) is 4.48. The predicted octanol–water partition coefficient (Wildman–Crippen LogP) is -7.81. The molecule has 0 aliphatic carbocycles. The van der Waals surface area contributed by atoms with E-state index in [1.807, 2.05) is 0 Å². The summed E-state index contributed by atoms with van der Waals surface area (Å²) in [5.74, 6) is -1.19. The fourth-order valence-corrected chi connectivity index (χ4v) is 0. The van der Waals surface area contributed by atoms with E-state index in [1.165, 1.54) is 6.92 Å². The Morgan fingerprint density at radius 3 is 1.50 bits per heavy atom. The third-order valence-electron chi connectivity index (χ3n) is 0.348. The number of carboxylic acid groups (broad SMARTS) is 1. The number of hydrogen-bond donors (Lipinski definition) is 1. The van der Waals surface area contributed by atoms with Gasteiger partial charge in [-0.1, -0.05) is 6.58 Å². The fraction of sp³-hybridized carbons (Fsp3) is 0.250. The summed E-state index contributed by atoms with van der Waals surface area (Å²) in [7, 11) is -4.69. The summed E-state index contributed by atoms with van der Waals surface area (Å²) in [6, 6.07) is 0. The van der Waals surface area contributed by atoms with E-state index < -0.39 is 16.2 Å². The van der Waals surface area contributed by atoms with Crippen molar-refractivity contribution in [3.8, 4) is 0 Å². The van der Waals surface area contributed by atoms with E-state index >= 15 is 0 Å². The summed E-state index contributed by atoms with van der Waals surface area (Å²) in [4.78, 5) is 9.49. The normalized spacial score (nSPS) is 8.75. The summed E-state index contributed by atoms with van der Waals surface area (Å²) in [5, 5.41) is 9.49. The van der Waals surface area contributed by atoms with Gasteiger partial charge in [-0.25, -0.2) is 0 Å². The van der Waals surface area contributed by atoms with Crippen molar-refractivity contribution in [2.45, 2.75) is 6.92 Å². The minimum atomic E-state index is -4.69. The van der Waals surface area contributed by atoms with Crippen LogP contribution >= 0.6 is 0 Å². The van der Waals surface area contributed by atoms with Gasteiger partial charge in [0.1, 0.15) is 0 Å². The zero-order valence-corrected chi connectivity index (χ0v) is 7.33. The molecule has 0 fully saturated rings. The second kappa shape index (κ2) is 7.58. The van der Waals surface area contributed by atoms with Crippen molar-refractivity contribution in [2.75, 3.05) is 0 Å². The summed E-state index contributed by atoms with van der Waals surface area (Å²) < 4.78 is 32.7. The molecule has 0 rings (SSSR count). The Kier molecular flexibility index (Phi) is 11.3. The van der Waals surface area contributed by atoms with Crippen LogP contribution in [0, 0.1) is 10.2 Å². The standard InChI is InChI=1S/C4H6O2.ClHO4.Li/c1-3(2)4(5)6;2-1(3,4)5;/h1H2,2H3,(H,5,6);(H,2,3,4,5);/q;;+1/p-1. The Morgan fingerprint density at radius 2 is 1.50 bits per heavy atom. The molecule has 0 amide bonds. The summed E-state index contributed by atoms with van der Waals surface area (Å²) in [5.41, 5.74) is 0.0648. The average Bonchev–Trinajstić information content (AvgIpc) is 1.59. The van der Waals surface area contributed by atoms with E-state index in [-0.39, 0.29) is 24.4 Å². The Bertz CT molecular complexity index is 134. The Balaban J connectivity index is -0.000000126. The van der Waals surface area contributed by atoms with Crippen LogP contribution in [0.4, 0.5) is 0 Å². The first kappa shape index (κ1) is 17.9. The third kappa shape index (κ3) is 51.2. The van der Waals surface area contributed by atoms with E-state index in [0.717, 1.165) is 0 Å². The molecule has 6 nitrogen and oxygen atoms in total. The second-order valence-electron chi connectivity index (χ2n) is 1.46. The Labute approximate surface area is 83.0 Å². The van der Waals surface area contributed by atoms with Gasteiger partial charge in [-0.15, -0.1) is 0 Å². The van der Waals surface area contributed by atoms with Gasteiger partial charge in [0.15, 0.2) is 0 Å². The van der Waals surface area contributed by atoms with Gasteiger partial charge in [-0.05, 0) is 12.5 Å². The van der Waals surface area contributed by atoms with Crippen molar-refractivity contribution in [1.82, 2.24) is 0 Å². The van der Waals surface area contributed by atoms with Crippen LogP contribution in [0.2, 0.25) is 0 Å². The molecule has 0 unspecified atom stereocenters. The van der Waals surface area contributed by atoms with Crippen molar-refractivity contribution < 1.29 is 57.6 Å². The first-order valence-electron chi connectivity index (χ1n) is 2.14. The first-order valence-corrected chi connectivity index (χ1v) is 3.41. The van der Waals surface area contributed by atoms with Crippen molar-refractivity contribution >= 4 is 5.97 Å². The minimum Gasteiger partial charge on any atom is -0.545 e. The maximum Gasteiger partial charge on any atom is 1.00 e. The molecule has 0 heterocycles. The zero-order valence-electron chi connectivity index (χ0n) is 6.57. The van der Waals surface area contributed by atoms with Crippen molar-refractivity contribution in [3.05, 3.63) is 12.2 Å². The molecule has 0 aromatic rings. The molecule has 8 heteroatoms. The SMILES string of the molecule is C=C(C)C(=O)[O-].[Li+].[O-][Cl+3]([O-])([O-])O. The quantitative estimate of drug-likeness (QED) is 0.324. The van der Waals surface area contributed by atoms with Crippen LogP contribution in [-0.4, -0.2) is 10.6 Å². The molecule has 0 bridgehead atoms. The predicted molar refractivity (Wildman–Crippen MR) is 22.0 cm³/mol. The van der Waals surface area contributed by atoms with Gasteiger partial charge in [0.05, 0.1) is 20.9 Å². The number of carbonyl (C=O) groups excluding carboxylic acids is 1. The first-order chi connectivity index (χ1) is 4.64. The molecule has 0 aliphatic heterocycles. The van der Waals surface area contributed by atoms with Crippen molar-refractivity contribution in [1.29, 1.82) is 0 Å². The van der Waals surface area contributed by atoms with Crippen LogP contribution < -0.4 is 37.9 Å². The largest absolute Gasteiger partial charge is 1.00 e. The molecule has 0 spiro atoms. The average molecular weight is 192 g/mol. The van der Waals surface area contributed by atoms with Gasteiger partial charge in [-0.2, -0.15) is 14.0 Å². The maximum absolute atomic E-state index is 9.49. The molecule has 0 radical (unpaired) electrons. The molecule has 66 valence electrons.